The van der Waals surface area contributed by atoms with Crippen molar-refractivity contribution in [2.75, 3.05) is 17.6 Å². The molecule has 4 nitrogen and oxygen atoms in total. The maximum absolute atomic E-state index is 11.9. The summed E-state index contributed by atoms with van der Waals surface area (Å²) in [7, 11) is 0. The Morgan fingerprint density at radius 1 is 1.43 bits per heavy atom. The van der Waals surface area contributed by atoms with Gasteiger partial charge in [0.15, 0.2) is 0 Å². The topological polar surface area (TPSA) is 61.4 Å². The molecule has 0 heterocycles. The summed E-state index contributed by atoms with van der Waals surface area (Å²) in [6, 6.07) is 7.79. The van der Waals surface area contributed by atoms with Crippen molar-refractivity contribution in [3.05, 3.63) is 29.8 Å². The Labute approximate surface area is 130 Å². The van der Waals surface area contributed by atoms with E-state index in [0.29, 0.717) is 12.5 Å². The van der Waals surface area contributed by atoms with Crippen molar-refractivity contribution in [1.82, 2.24) is 5.32 Å². The smallest absolute Gasteiger partial charge is 0.319 e. The molecule has 0 aliphatic heterocycles. The van der Waals surface area contributed by atoms with E-state index in [1.807, 2.05) is 30.0 Å². The third kappa shape index (κ3) is 5.59. The maximum Gasteiger partial charge on any atom is 0.319 e. The third-order valence-electron chi connectivity index (χ3n) is 3.72. The van der Waals surface area contributed by atoms with Gasteiger partial charge in [0.2, 0.25) is 0 Å². The lowest BCUT2D eigenvalue weighted by molar-refractivity contribution is 0.177. The summed E-state index contributed by atoms with van der Waals surface area (Å²) in [5, 5.41) is 15.2. The largest absolute Gasteiger partial charge is 0.393 e. The minimum absolute atomic E-state index is 0.170. The zero-order valence-corrected chi connectivity index (χ0v) is 13.3. The van der Waals surface area contributed by atoms with Gasteiger partial charge < -0.3 is 15.7 Å². The molecule has 1 aromatic rings. The molecule has 1 aromatic carbocycles. The van der Waals surface area contributed by atoms with Crippen molar-refractivity contribution in [1.29, 1.82) is 0 Å². The summed E-state index contributed by atoms with van der Waals surface area (Å²) in [4.78, 5) is 11.9. The predicted molar refractivity (Wildman–Crippen MR) is 88.6 cm³/mol. The second-order valence-corrected chi connectivity index (χ2v) is 6.78. The Hall–Kier alpha value is -1.20. The first kappa shape index (κ1) is 16.2. The number of urea groups is 1. The molecule has 2 amide bonds. The number of hydrogen-bond donors (Lipinski definition) is 3. The van der Waals surface area contributed by atoms with Crippen molar-refractivity contribution in [2.45, 2.75) is 38.0 Å². The number of rotatable bonds is 6. The Morgan fingerprint density at radius 3 is 3.00 bits per heavy atom. The van der Waals surface area contributed by atoms with Gasteiger partial charge in [-0.05, 0) is 48.6 Å². The summed E-state index contributed by atoms with van der Waals surface area (Å²) in [5.41, 5.74) is 2.05. The highest BCUT2D eigenvalue weighted by molar-refractivity contribution is 7.98. The first-order valence-electron chi connectivity index (χ1n) is 7.57. The Bertz CT molecular complexity index is 467. The van der Waals surface area contributed by atoms with Crippen molar-refractivity contribution >= 4 is 23.5 Å². The fourth-order valence-corrected chi connectivity index (χ4v) is 3.22. The van der Waals surface area contributed by atoms with E-state index in [9.17, 15) is 9.90 Å². The molecule has 0 aromatic heterocycles. The van der Waals surface area contributed by atoms with Crippen LogP contribution in [0.2, 0.25) is 0 Å². The lowest BCUT2D eigenvalue weighted by Crippen LogP contribution is -2.32. The van der Waals surface area contributed by atoms with E-state index in [1.54, 1.807) is 0 Å². The first-order valence-corrected chi connectivity index (χ1v) is 8.72. The van der Waals surface area contributed by atoms with Gasteiger partial charge in [0, 0.05) is 18.0 Å². The minimum atomic E-state index is -0.187. The zero-order valence-electron chi connectivity index (χ0n) is 12.5. The minimum Gasteiger partial charge on any atom is -0.393 e. The normalized spacial score (nSPS) is 21.2. The Morgan fingerprint density at radius 2 is 2.29 bits per heavy atom. The molecule has 116 valence electrons. The molecule has 0 radical (unpaired) electrons. The second-order valence-electron chi connectivity index (χ2n) is 5.51. The van der Waals surface area contributed by atoms with Crippen LogP contribution < -0.4 is 10.6 Å². The van der Waals surface area contributed by atoms with Gasteiger partial charge in [0.25, 0.3) is 0 Å². The molecule has 21 heavy (non-hydrogen) atoms. The fraction of sp³-hybridized carbons (Fsp3) is 0.562. The van der Waals surface area contributed by atoms with E-state index >= 15 is 0 Å². The Balaban J connectivity index is 1.76. The van der Waals surface area contributed by atoms with Crippen molar-refractivity contribution < 1.29 is 9.90 Å². The molecule has 0 saturated heterocycles. The number of aliphatic hydroxyl groups is 1. The zero-order chi connectivity index (χ0) is 15.1. The molecule has 5 heteroatoms. The van der Waals surface area contributed by atoms with Gasteiger partial charge in [-0.2, -0.15) is 11.8 Å². The molecule has 0 bridgehead atoms. The number of carbonyl (C=O) groups excluding carboxylic acids is 1. The number of carbonyl (C=O) groups is 1. The van der Waals surface area contributed by atoms with Crippen LogP contribution in [-0.4, -0.2) is 29.5 Å². The first-order chi connectivity index (χ1) is 10.2. The van der Waals surface area contributed by atoms with E-state index < -0.39 is 0 Å². The number of aliphatic hydroxyl groups excluding tert-OH is 1. The number of nitrogens with one attached hydrogen (secondary N) is 2. The van der Waals surface area contributed by atoms with Crippen LogP contribution in [0.25, 0.3) is 0 Å². The van der Waals surface area contributed by atoms with Gasteiger partial charge in [-0.1, -0.05) is 19.1 Å². The van der Waals surface area contributed by atoms with E-state index in [2.05, 4.69) is 23.6 Å². The highest BCUT2D eigenvalue weighted by Crippen LogP contribution is 2.24. The van der Waals surface area contributed by atoms with Crippen LogP contribution in [0.15, 0.2) is 24.3 Å². The predicted octanol–water partition coefficient (Wildman–Crippen LogP) is 3.22. The maximum atomic E-state index is 11.9. The van der Waals surface area contributed by atoms with Crippen molar-refractivity contribution in [2.24, 2.45) is 5.92 Å². The quantitative estimate of drug-likeness (QED) is 0.756. The van der Waals surface area contributed by atoms with E-state index in [1.165, 1.54) is 5.56 Å². The highest BCUT2D eigenvalue weighted by atomic mass is 32.2. The lowest BCUT2D eigenvalue weighted by atomic mass is 10.1. The average molecular weight is 308 g/mol. The monoisotopic (exact) mass is 308 g/mol. The molecule has 1 saturated carbocycles. The van der Waals surface area contributed by atoms with Crippen LogP contribution in [0.5, 0.6) is 0 Å². The van der Waals surface area contributed by atoms with Gasteiger partial charge in [-0.15, -0.1) is 0 Å². The van der Waals surface area contributed by atoms with Crippen LogP contribution >= 0.6 is 11.8 Å². The molecular weight excluding hydrogens is 284 g/mol. The molecule has 1 aliphatic rings. The molecule has 0 unspecified atom stereocenters. The van der Waals surface area contributed by atoms with Gasteiger partial charge in [0.1, 0.15) is 0 Å². The summed E-state index contributed by atoms with van der Waals surface area (Å²) in [6.07, 6.45) is 2.45. The molecule has 2 rings (SSSR count). The van der Waals surface area contributed by atoms with E-state index in [4.69, 9.17) is 0 Å². The molecule has 1 aliphatic carbocycles. The van der Waals surface area contributed by atoms with Crippen molar-refractivity contribution in [3.8, 4) is 0 Å². The molecule has 2 atom stereocenters. The molecule has 3 N–H and O–H groups in total. The van der Waals surface area contributed by atoms with Gasteiger partial charge >= 0.3 is 6.03 Å². The van der Waals surface area contributed by atoms with Crippen LogP contribution in [0.3, 0.4) is 0 Å². The second kappa shape index (κ2) is 8.29. The standard InChI is InChI=1S/C16H24N2O2S/c1-2-21-11-13-4-3-5-14(8-13)18-16(20)17-10-12-6-7-15(19)9-12/h3-5,8,12,15,19H,2,6-7,9-11H2,1H3,(H2,17,18,20)/t12-,15+/m1/s1. The van der Waals surface area contributed by atoms with Gasteiger partial charge in [-0.3, -0.25) is 0 Å². The molecular formula is C16H24N2O2S. The summed E-state index contributed by atoms with van der Waals surface area (Å²) < 4.78 is 0. The Kier molecular flexibility index (Phi) is 6.39. The number of hydrogen-bond acceptors (Lipinski definition) is 3. The van der Waals surface area contributed by atoms with Crippen LogP contribution in [0, 0.1) is 5.92 Å². The van der Waals surface area contributed by atoms with Gasteiger partial charge in [-0.25, -0.2) is 4.79 Å². The number of anilines is 1. The SMILES string of the molecule is CCSCc1cccc(NC(=O)NC[C@@H]2CC[C@H](O)C2)c1. The molecule has 0 spiro atoms. The van der Waals surface area contributed by atoms with Crippen LogP contribution in [0.1, 0.15) is 31.7 Å². The van der Waals surface area contributed by atoms with E-state index in [0.717, 1.165) is 36.5 Å². The molecule has 1 fully saturated rings. The van der Waals surface area contributed by atoms with Crippen LogP contribution in [-0.2, 0) is 5.75 Å². The third-order valence-corrected chi connectivity index (χ3v) is 4.67. The van der Waals surface area contributed by atoms with Crippen molar-refractivity contribution in [3.63, 3.8) is 0 Å². The average Bonchev–Trinajstić information content (AvgIpc) is 2.89. The number of benzene rings is 1. The highest BCUT2D eigenvalue weighted by Gasteiger charge is 2.22. The summed E-state index contributed by atoms with van der Waals surface area (Å²) >= 11 is 1.86. The number of thioether (sulfide) groups is 1. The van der Waals surface area contributed by atoms with Crippen LogP contribution in [0.4, 0.5) is 10.5 Å². The van der Waals surface area contributed by atoms with Gasteiger partial charge in [0.05, 0.1) is 6.10 Å². The van der Waals surface area contributed by atoms with E-state index in [-0.39, 0.29) is 12.1 Å². The summed E-state index contributed by atoms with van der Waals surface area (Å²) in [5.74, 6) is 2.46. The summed E-state index contributed by atoms with van der Waals surface area (Å²) in [6.45, 7) is 2.77. The number of amides is 2. The fourth-order valence-electron chi connectivity index (χ4n) is 2.61. The lowest BCUT2D eigenvalue weighted by Gasteiger charge is -2.12.